The molecule has 0 unspecified atom stereocenters. The normalized spacial score (nSPS) is 10.8. The maximum atomic E-state index is 5.21. The van der Waals surface area contributed by atoms with Crippen LogP contribution in [0.1, 0.15) is 22.3 Å². The van der Waals surface area contributed by atoms with E-state index in [4.69, 9.17) is 4.74 Å². The van der Waals surface area contributed by atoms with E-state index in [1.54, 1.807) is 7.11 Å². The van der Waals surface area contributed by atoms with Gasteiger partial charge in [-0.15, -0.1) is 0 Å². The largest absolute Gasteiger partial charge is 0.497 e. The van der Waals surface area contributed by atoms with Crippen molar-refractivity contribution in [2.75, 3.05) is 12.4 Å². The van der Waals surface area contributed by atoms with Gasteiger partial charge in [-0.3, -0.25) is 0 Å². The number of methoxy groups -OCH3 is 1. The molecule has 2 nitrogen and oxygen atoms in total. The molecule has 3 rings (SSSR count). The summed E-state index contributed by atoms with van der Waals surface area (Å²) in [7, 11) is 1.69. The van der Waals surface area contributed by atoms with Crippen LogP contribution in [0.15, 0.2) is 72.8 Å². The Bertz CT molecular complexity index is 836. The molecular formula is C23H23NO. The zero-order valence-corrected chi connectivity index (χ0v) is 14.7. The predicted octanol–water partition coefficient (Wildman–Crippen LogP) is 5.79. The second-order valence-electron chi connectivity index (χ2n) is 6.04. The maximum absolute atomic E-state index is 5.21. The van der Waals surface area contributed by atoms with Crippen LogP contribution in [0.2, 0.25) is 0 Å². The van der Waals surface area contributed by atoms with Gasteiger partial charge in [-0.2, -0.15) is 0 Å². The third kappa shape index (κ3) is 4.74. The third-order valence-electron chi connectivity index (χ3n) is 4.11. The number of ether oxygens (including phenoxy) is 1. The topological polar surface area (TPSA) is 21.3 Å². The van der Waals surface area contributed by atoms with E-state index in [0.29, 0.717) is 0 Å². The molecule has 0 bridgehead atoms. The Morgan fingerprint density at radius 3 is 2.36 bits per heavy atom. The molecule has 0 radical (unpaired) electrons. The number of rotatable bonds is 6. The number of aryl methyl sites for hydroxylation is 1. The van der Waals surface area contributed by atoms with Crippen molar-refractivity contribution < 1.29 is 4.74 Å². The molecule has 2 heteroatoms. The van der Waals surface area contributed by atoms with Gasteiger partial charge in [-0.1, -0.05) is 66.7 Å². The average Bonchev–Trinajstić information content (AvgIpc) is 2.67. The summed E-state index contributed by atoms with van der Waals surface area (Å²) in [5.41, 5.74) is 5.99. The van der Waals surface area contributed by atoms with Gasteiger partial charge in [-0.25, -0.2) is 0 Å². The molecular weight excluding hydrogens is 306 g/mol. The average molecular weight is 329 g/mol. The third-order valence-corrected chi connectivity index (χ3v) is 4.11. The van der Waals surface area contributed by atoms with E-state index in [2.05, 4.69) is 79.0 Å². The molecule has 0 amide bonds. The highest BCUT2D eigenvalue weighted by Gasteiger charge is 2.01. The molecule has 0 heterocycles. The van der Waals surface area contributed by atoms with Gasteiger partial charge in [0.05, 0.1) is 7.11 Å². The van der Waals surface area contributed by atoms with Crippen LogP contribution in [0.4, 0.5) is 5.69 Å². The first-order chi connectivity index (χ1) is 12.2. The Hall–Kier alpha value is -3.00. The standard InChI is InChI=1S/C23H23NO/c1-18-8-12-21(13-9-19-6-4-3-5-7-19)23(16-18)24-17-20-10-14-22(25-2)15-11-20/h3-16,24H,17H2,1-2H3. The zero-order valence-electron chi connectivity index (χ0n) is 14.7. The summed E-state index contributed by atoms with van der Waals surface area (Å²) in [6.07, 6.45) is 4.30. The number of hydrogen-bond donors (Lipinski definition) is 1. The lowest BCUT2D eigenvalue weighted by molar-refractivity contribution is 0.414. The van der Waals surface area contributed by atoms with E-state index in [0.717, 1.165) is 18.0 Å². The smallest absolute Gasteiger partial charge is 0.118 e. The summed E-state index contributed by atoms with van der Waals surface area (Å²) in [5, 5.41) is 3.55. The van der Waals surface area contributed by atoms with Crippen molar-refractivity contribution in [1.82, 2.24) is 0 Å². The molecule has 0 saturated carbocycles. The Balaban J connectivity index is 1.75. The molecule has 0 aliphatic carbocycles. The van der Waals surface area contributed by atoms with Gasteiger partial charge in [0.1, 0.15) is 5.75 Å². The minimum absolute atomic E-state index is 0.777. The number of hydrogen-bond acceptors (Lipinski definition) is 2. The summed E-state index contributed by atoms with van der Waals surface area (Å²) in [6.45, 7) is 2.89. The van der Waals surface area contributed by atoms with Gasteiger partial charge in [0.25, 0.3) is 0 Å². The van der Waals surface area contributed by atoms with Gasteiger partial charge in [0, 0.05) is 12.2 Å². The van der Waals surface area contributed by atoms with Crippen LogP contribution in [-0.4, -0.2) is 7.11 Å². The summed E-state index contributed by atoms with van der Waals surface area (Å²) in [4.78, 5) is 0. The molecule has 3 aromatic rings. The Morgan fingerprint density at radius 1 is 0.880 bits per heavy atom. The van der Waals surface area contributed by atoms with Crippen molar-refractivity contribution in [3.8, 4) is 5.75 Å². The lowest BCUT2D eigenvalue weighted by Crippen LogP contribution is -2.01. The minimum Gasteiger partial charge on any atom is -0.497 e. The van der Waals surface area contributed by atoms with Crippen molar-refractivity contribution in [3.05, 3.63) is 95.1 Å². The summed E-state index contributed by atoms with van der Waals surface area (Å²) >= 11 is 0. The van der Waals surface area contributed by atoms with E-state index in [1.807, 2.05) is 18.2 Å². The summed E-state index contributed by atoms with van der Waals surface area (Å²) < 4.78 is 5.21. The van der Waals surface area contributed by atoms with Crippen LogP contribution in [0.5, 0.6) is 5.75 Å². The van der Waals surface area contributed by atoms with Crippen LogP contribution >= 0.6 is 0 Å². The molecule has 3 aromatic carbocycles. The van der Waals surface area contributed by atoms with Crippen LogP contribution in [0, 0.1) is 6.92 Å². The highest BCUT2D eigenvalue weighted by molar-refractivity contribution is 5.77. The Labute approximate surface area is 149 Å². The van der Waals surface area contributed by atoms with E-state index < -0.39 is 0 Å². The molecule has 0 aliphatic heterocycles. The fraction of sp³-hybridized carbons (Fsp3) is 0.130. The zero-order chi connectivity index (χ0) is 17.5. The maximum Gasteiger partial charge on any atom is 0.118 e. The van der Waals surface area contributed by atoms with Crippen molar-refractivity contribution in [2.45, 2.75) is 13.5 Å². The van der Waals surface area contributed by atoms with Crippen molar-refractivity contribution >= 4 is 17.8 Å². The number of nitrogens with one attached hydrogen (secondary N) is 1. The lowest BCUT2D eigenvalue weighted by atomic mass is 10.1. The van der Waals surface area contributed by atoms with Gasteiger partial charge < -0.3 is 10.1 Å². The molecule has 0 aliphatic rings. The van der Waals surface area contributed by atoms with Gasteiger partial charge >= 0.3 is 0 Å². The van der Waals surface area contributed by atoms with Crippen molar-refractivity contribution in [2.24, 2.45) is 0 Å². The highest BCUT2D eigenvalue weighted by atomic mass is 16.5. The van der Waals surface area contributed by atoms with Crippen molar-refractivity contribution in [3.63, 3.8) is 0 Å². The fourth-order valence-corrected chi connectivity index (χ4v) is 2.66. The van der Waals surface area contributed by atoms with E-state index in [-0.39, 0.29) is 0 Å². The molecule has 25 heavy (non-hydrogen) atoms. The van der Waals surface area contributed by atoms with Gasteiger partial charge in [0.15, 0.2) is 0 Å². The van der Waals surface area contributed by atoms with Crippen LogP contribution in [-0.2, 0) is 6.54 Å². The SMILES string of the molecule is COc1ccc(CNc2cc(C)ccc2C=Cc2ccccc2)cc1. The Kier molecular flexibility index (Phi) is 5.53. The summed E-state index contributed by atoms with van der Waals surface area (Å²) in [6, 6.07) is 25.0. The van der Waals surface area contributed by atoms with Gasteiger partial charge in [-0.05, 0) is 47.4 Å². The van der Waals surface area contributed by atoms with Gasteiger partial charge in [0.2, 0.25) is 0 Å². The molecule has 0 spiro atoms. The molecule has 126 valence electrons. The highest BCUT2D eigenvalue weighted by Crippen LogP contribution is 2.22. The predicted molar refractivity (Wildman–Crippen MR) is 107 cm³/mol. The van der Waals surface area contributed by atoms with Crippen LogP contribution in [0.25, 0.3) is 12.2 Å². The monoisotopic (exact) mass is 329 g/mol. The second kappa shape index (κ2) is 8.20. The quantitative estimate of drug-likeness (QED) is 0.578. The van der Waals surface area contributed by atoms with E-state index >= 15 is 0 Å². The van der Waals surface area contributed by atoms with Crippen LogP contribution in [0.3, 0.4) is 0 Å². The van der Waals surface area contributed by atoms with E-state index in [1.165, 1.54) is 22.3 Å². The first kappa shape index (κ1) is 16.8. The lowest BCUT2D eigenvalue weighted by Gasteiger charge is -2.11. The molecule has 1 N–H and O–H groups in total. The second-order valence-corrected chi connectivity index (χ2v) is 6.04. The minimum atomic E-state index is 0.777. The molecule has 0 fully saturated rings. The number of anilines is 1. The molecule has 0 aromatic heterocycles. The first-order valence-corrected chi connectivity index (χ1v) is 8.45. The molecule has 0 saturated heterocycles. The first-order valence-electron chi connectivity index (χ1n) is 8.45. The van der Waals surface area contributed by atoms with Crippen LogP contribution < -0.4 is 10.1 Å². The fourth-order valence-electron chi connectivity index (χ4n) is 2.66. The number of benzene rings is 3. The van der Waals surface area contributed by atoms with Crippen molar-refractivity contribution in [1.29, 1.82) is 0 Å². The Morgan fingerprint density at radius 2 is 1.64 bits per heavy atom. The van der Waals surface area contributed by atoms with E-state index in [9.17, 15) is 0 Å². The molecule has 0 atom stereocenters. The summed E-state index contributed by atoms with van der Waals surface area (Å²) in [5.74, 6) is 0.880.